The Kier molecular flexibility index (Phi) is 4.12. The minimum absolute atomic E-state index is 0.822. The van der Waals surface area contributed by atoms with Gasteiger partial charge in [0.1, 0.15) is 5.82 Å². The topological polar surface area (TPSA) is 17.8 Å². The van der Waals surface area contributed by atoms with Crippen molar-refractivity contribution in [3.8, 4) is 11.4 Å². The van der Waals surface area contributed by atoms with E-state index >= 15 is 0 Å². The molecule has 1 heterocycles. The van der Waals surface area contributed by atoms with Gasteiger partial charge in [0.2, 0.25) is 0 Å². The number of aromatic nitrogens is 2. The molecule has 130 valence electrons. The molecule has 0 fully saturated rings. The van der Waals surface area contributed by atoms with Crippen LogP contribution in [0.4, 0.5) is 0 Å². The molecule has 4 aromatic rings. The number of hydrogen-bond acceptors (Lipinski definition) is 1. The second kappa shape index (κ2) is 6.45. The SMILES string of the molecule is Cc1ccc(Cn2c(-c3ccc(C)cc3)nc3cc(C)c(C)cc32)cc1. The van der Waals surface area contributed by atoms with Crippen LogP contribution in [0.1, 0.15) is 27.8 Å². The third kappa shape index (κ3) is 3.03. The first-order valence-electron chi connectivity index (χ1n) is 9.11. The summed E-state index contributed by atoms with van der Waals surface area (Å²) in [6.45, 7) is 9.39. The molecule has 0 N–H and O–H groups in total. The van der Waals surface area contributed by atoms with Crippen molar-refractivity contribution in [1.82, 2.24) is 9.55 Å². The van der Waals surface area contributed by atoms with E-state index in [1.165, 1.54) is 33.3 Å². The predicted octanol–water partition coefficient (Wildman–Crippen LogP) is 5.99. The van der Waals surface area contributed by atoms with Crippen molar-refractivity contribution in [2.24, 2.45) is 0 Å². The molecule has 3 aromatic carbocycles. The van der Waals surface area contributed by atoms with E-state index in [1.54, 1.807) is 0 Å². The van der Waals surface area contributed by atoms with Crippen LogP contribution < -0.4 is 0 Å². The van der Waals surface area contributed by atoms with Crippen LogP contribution in [0.3, 0.4) is 0 Å². The highest BCUT2D eigenvalue weighted by Crippen LogP contribution is 2.28. The van der Waals surface area contributed by atoms with E-state index in [0.29, 0.717) is 0 Å². The summed E-state index contributed by atoms with van der Waals surface area (Å²) in [5, 5.41) is 0. The molecule has 2 heteroatoms. The molecule has 26 heavy (non-hydrogen) atoms. The van der Waals surface area contributed by atoms with Crippen LogP contribution >= 0.6 is 0 Å². The summed E-state index contributed by atoms with van der Waals surface area (Å²) in [7, 11) is 0. The minimum Gasteiger partial charge on any atom is -0.319 e. The van der Waals surface area contributed by atoms with E-state index in [9.17, 15) is 0 Å². The van der Waals surface area contributed by atoms with Crippen molar-refractivity contribution in [3.05, 3.63) is 88.5 Å². The highest BCUT2D eigenvalue weighted by atomic mass is 15.1. The fourth-order valence-corrected chi connectivity index (χ4v) is 3.34. The van der Waals surface area contributed by atoms with Crippen molar-refractivity contribution < 1.29 is 0 Å². The molecule has 0 saturated carbocycles. The molecule has 0 aliphatic heterocycles. The second-order valence-corrected chi connectivity index (χ2v) is 7.30. The van der Waals surface area contributed by atoms with E-state index in [-0.39, 0.29) is 0 Å². The van der Waals surface area contributed by atoms with Gasteiger partial charge in [-0.25, -0.2) is 4.98 Å². The lowest BCUT2D eigenvalue weighted by Gasteiger charge is -2.11. The Morgan fingerprint density at radius 1 is 0.731 bits per heavy atom. The molecule has 0 aliphatic rings. The Morgan fingerprint density at radius 2 is 1.31 bits per heavy atom. The van der Waals surface area contributed by atoms with Crippen LogP contribution in [0.25, 0.3) is 22.4 Å². The number of fused-ring (bicyclic) bond motifs is 1. The summed E-state index contributed by atoms with van der Waals surface area (Å²) >= 11 is 0. The molecular weight excluding hydrogens is 316 g/mol. The number of nitrogens with zero attached hydrogens (tertiary/aromatic N) is 2. The maximum absolute atomic E-state index is 4.99. The number of aryl methyl sites for hydroxylation is 4. The van der Waals surface area contributed by atoms with Crippen molar-refractivity contribution in [3.63, 3.8) is 0 Å². The molecule has 0 spiro atoms. The van der Waals surface area contributed by atoms with Gasteiger partial charge in [-0.1, -0.05) is 59.7 Å². The average Bonchev–Trinajstić information content (AvgIpc) is 2.95. The Balaban J connectivity index is 1.91. The summed E-state index contributed by atoms with van der Waals surface area (Å²) in [5.41, 5.74) is 9.86. The highest BCUT2D eigenvalue weighted by Gasteiger charge is 2.14. The summed E-state index contributed by atoms with van der Waals surface area (Å²) in [5.74, 6) is 1.03. The van der Waals surface area contributed by atoms with Gasteiger partial charge in [0.25, 0.3) is 0 Å². The van der Waals surface area contributed by atoms with Crippen molar-refractivity contribution in [1.29, 1.82) is 0 Å². The van der Waals surface area contributed by atoms with E-state index in [0.717, 1.165) is 23.4 Å². The van der Waals surface area contributed by atoms with Crippen molar-refractivity contribution in [2.45, 2.75) is 34.2 Å². The maximum atomic E-state index is 4.99. The lowest BCUT2D eigenvalue weighted by Crippen LogP contribution is -2.02. The van der Waals surface area contributed by atoms with Crippen LogP contribution in [0.15, 0.2) is 60.7 Å². The molecule has 0 unspecified atom stereocenters. The van der Waals surface area contributed by atoms with Gasteiger partial charge in [-0.3, -0.25) is 0 Å². The van der Waals surface area contributed by atoms with E-state index in [4.69, 9.17) is 4.98 Å². The Bertz CT molecular complexity index is 1070. The zero-order valence-electron chi connectivity index (χ0n) is 15.9. The molecule has 0 aliphatic carbocycles. The van der Waals surface area contributed by atoms with Gasteiger partial charge in [-0.15, -0.1) is 0 Å². The quantitative estimate of drug-likeness (QED) is 0.448. The first-order chi connectivity index (χ1) is 12.5. The van der Waals surface area contributed by atoms with Gasteiger partial charge in [0.15, 0.2) is 0 Å². The van der Waals surface area contributed by atoms with Crippen LogP contribution in [-0.2, 0) is 6.54 Å². The number of imidazole rings is 1. The van der Waals surface area contributed by atoms with Gasteiger partial charge in [-0.2, -0.15) is 0 Å². The van der Waals surface area contributed by atoms with Crippen LogP contribution in [0, 0.1) is 27.7 Å². The molecule has 1 aromatic heterocycles. The van der Waals surface area contributed by atoms with Crippen molar-refractivity contribution >= 4 is 11.0 Å². The smallest absolute Gasteiger partial charge is 0.141 e. The summed E-state index contributed by atoms with van der Waals surface area (Å²) in [4.78, 5) is 4.99. The highest BCUT2D eigenvalue weighted by molar-refractivity contribution is 5.82. The fraction of sp³-hybridized carbons (Fsp3) is 0.208. The zero-order chi connectivity index (χ0) is 18.3. The zero-order valence-corrected chi connectivity index (χ0v) is 15.9. The van der Waals surface area contributed by atoms with Crippen LogP contribution in [0.2, 0.25) is 0 Å². The number of hydrogen-bond donors (Lipinski definition) is 0. The Hall–Kier alpha value is -2.87. The molecule has 0 bridgehead atoms. The Labute approximate surface area is 155 Å². The normalized spacial score (nSPS) is 11.2. The third-order valence-corrected chi connectivity index (χ3v) is 5.13. The summed E-state index contributed by atoms with van der Waals surface area (Å²) in [6.07, 6.45) is 0. The van der Waals surface area contributed by atoms with Gasteiger partial charge in [-0.05, 0) is 56.5 Å². The molecular formula is C24H24N2. The first-order valence-corrected chi connectivity index (χ1v) is 9.11. The molecule has 4 rings (SSSR count). The maximum Gasteiger partial charge on any atom is 0.141 e. The van der Waals surface area contributed by atoms with Gasteiger partial charge >= 0.3 is 0 Å². The first kappa shape index (κ1) is 16.6. The monoisotopic (exact) mass is 340 g/mol. The summed E-state index contributed by atoms with van der Waals surface area (Å²) in [6, 6.07) is 21.9. The lowest BCUT2D eigenvalue weighted by atomic mass is 10.1. The second-order valence-electron chi connectivity index (χ2n) is 7.30. The minimum atomic E-state index is 0.822. The fourth-order valence-electron chi connectivity index (χ4n) is 3.34. The Morgan fingerprint density at radius 3 is 1.96 bits per heavy atom. The van der Waals surface area contributed by atoms with Crippen molar-refractivity contribution in [2.75, 3.05) is 0 Å². The molecule has 0 saturated heterocycles. The van der Waals surface area contributed by atoms with Gasteiger partial charge < -0.3 is 4.57 Å². The average molecular weight is 340 g/mol. The van der Waals surface area contributed by atoms with Crippen LogP contribution in [0.5, 0.6) is 0 Å². The largest absolute Gasteiger partial charge is 0.319 e. The third-order valence-electron chi connectivity index (χ3n) is 5.13. The van der Waals surface area contributed by atoms with Gasteiger partial charge in [0.05, 0.1) is 11.0 Å². The number of rotatable bonds is 3. The molecule has 0 radical (unpaired) electrons. The van der Waals surface area contributed by atoms with E-state index in [1.807, 2.05) is 0 Å². The van der Waals surface area contributed by atoms with Crippen LogP contribution in [-0.4, -0.2) is 9.55 Å². The van der Waals surface area contributed by atoms with E-state index < -0.39 is 0 Å². The summed E-state index contributed by atoms with van der Waals surface area (Å²) < 4.78 is 2.34. The van der Waals surface area contributed by atoms with E-state index in [2.05, 4.69) is 92.9 Å². The molecule has 2 nitrogen and oxygen atoms in total. The standard InChI is InChI=1S/C24H24N2/c1-16-5-9-20(10-6-16)15-26-23-14-19(4)18(3)13-22(23)25-24(26)21-11-7-17(2)8-12-21/h5-14H,15H2,1-4H3. The molecule has 0 atom stereocenters. The molecule has 0 amide bonds. The number of benzene rings is 3. The predicted molar refractivity (Wildman–Crippen MR) is 110 cm³/mol. The van der Waals surface area contributed by atoms with Gasteiger partial charge in [0, 0.05) is 12.1 Å². The lowest BCUT2D eigenvalue weighted by molar-refractivity contribution is 0.833.